The van der Waals surface area contributed by atoms with Crippen molar-refractivity contribution in [2.45, 2.75) is 77.2 Å². The average molecular weight is 334 g/mol. The molecule has 2 bridgehead atoms. The molecule has 4 saturated carbocycles. The van der Waals surface area contributed by atoms with E-state index in [2.05, 4.69) is 13.8 Å². The fraction of sp³-hybridized carbons (Fsp3) is 0.900. The van der Waals surface area contributed by atoms with E-state index >= 15 is 0 Å². The third kappa shape index (κ3) is 2.04. The number of esters is 1. The molecule has 0 radical (unpaired) electrons. The van der Waals surface area contributed by atoms with E-state index in [1.54, 1.807) is 0 Å². The highest BCUT2D eigenvalue weighted by Crippen LogP contribution is 2.65. The van der Waals surface area contributed by atoms with Gasteiger partial charge in [-0.2, -0.15) is 0 Å². The van der Waals surface area contributed by atoms with E-state index in [-0.39, 0.29) is 5.92 Å². The van der Waals surface area contributed by atoms with E-state index < -0.39 is 23.0 Å². The monoisotopic (exact) mass is 334 g/mol. The van der Waals surface area contributed by atoms with Crippen molar-refractivity contribution in [3.63, 3.8) is 0 Å². The summed E-state index contributed by atoms with van der Waals surface area (Å²) < 4.78 is 6.23. The zero-order chi connectivity index (χ0) is 17.1. The van der Waals surface area contributed by atoms with Gasteiger partial charge in [-0.15, -0.1) is 0 Å². The Morgan fingerprint density at radius 1 is 1.08 bits per heavy atom. The van der Waals surface area contributed by atoms with Crippen LogP contribution in [0.4, 0.5) is 0 Å². The summed E-state index contributed by atoms with van der Waals surface area (Å²) in [5.41, 5.74) is -1.70. The number of fused-ring (bicyclic) bond motifs is 5. The van der Waals surface area contributed by atoms with Crippen LogP contribution in [0.15, 0.2) is 0 Å². The van der Waals surface area contributed by atoms with Crippen LogP contribution in [0.5, 0.6) is 0 Å². The Morgan fingerprint density at radius 2 is 1.75 bits per heavy atom. The van der Waals surface area contributed by atoms with Gasteiger partial charge in [-0.05, 0) is 62.2 Å². The largest absolute Gasteiger partial charge is 0.480 e. The summed E-state index contributed by atoms with van der Waals surface area (Å²) in [6.07, 6.45) is 8.56. The van der Waals surface area contributed by atoms with E-state index in [0.29, 0.717) is 30.6 Å². The molecule has 5 unspecified atom stereocenters. The van der Waals surface area contributed by atoms with Gasteiger partial charge in [0.1, 0.15) is 5.60 Å². The second kappa shape index (κ2) is 5.47. The highest BCUT2D eigenvalue weighted by atomic mass is 16.6. The standard InChI is InChI=1S/C20H30O4/c1-12(2)20(11-13-10-16(20)15-7-5-6-14(13)15)24-18(23)19(17(21)22)8-3-4-9-19/h12-16H,3-11H2,1-2H3,(H,21,22). The number of carboxylic acids is 1. The van der Waals surface area contributed by atoms with Crippen molar-refractivity contribution < 1.29 is 19.4 Å². The van der Waals surface area contributed by atoms with Gasteiger partial charge in [-0.1, -0.05) is 33.1 Å². The molecule has 4 fully saturated rings. The van der Waals surface area contributed by atoms with Gasteiger partial charge in [-0.3, -0.25) is 9.59 Å². The topological polar surface area (TPSA) is 63.6 Å². The number of aliphatic carboxylic acids is 1. The van der Waals surface area contributed by atoms with Crippen LogP contribution in [-0.2, 0) is 14.3 Å². The van der Waals surface area contributed by atoms with E-state index in [0.717, 1.165) is 25.2 Å². The molecule has 0 aliphatic heterocycles. The molecule has 4 heteroatoms. The first kappa shape index (κ1) is 16.4. The van der Waals surface area contributed by atoms with Gasteiger partial charge in [0.2, 0.25) is 0 Å². The van der Waals surface area contributed by atoms with Crippen molar-refractivity contribution in [2.75, 3.05) is 0 Å². The number of hydrogen-bond donors (Lipinski definition) is 1. The molecule has 0 heterocycles. The van der Waals surface area contributed by atoms with Crippen LogP contribution in [0, 0.1) is 35.0 Å². The summed E-state index contributed by atoms with van der Waals surface area (Å²) in [4.78, 5) is 24.9. The first-order valence-corrected chi connectivity index (χ1v) is 9.87. The second-order valence-electron chi connectivity index (χ2n) is 9.16. The van der Waals surface area contributed by atoms with Gasteiger partial charge < -0.3 is 9.84 Å². The van der Waals surface area contributed by atoms with Crippen LogP contribution in [0.25, 0.3) is 0 Å². The quantitative estimate of drug-likeness (QED) is 0.623. The molecule has 0 aromatic carbocycles. The van der Waals surface area contributed by atoms with Crippen LogP contribution in [0.3, 0.4) is 0 Å². The Labute approximate surface area is 144 Å². The van der Waals surface area contributed by atoms with Gasteiger partial charge >= 0.3 is 11.9 Å². The minimum atomic E-state index is -1.28. The Kier molecular flexibility index (Phi) is 3.74. The van der Waals surface area contributed by atoms with Crippen molar-refractivity contribution in [3.05, 3.63) is 0 Å². The third-order valence-corrected chi connectivity index (χ3v) is 8.03. The molecular formula is C20H30O4. The van der Waals surface area contributed by atoms with Crippen LogP contribution in [0.1, 0.15) is 71.6 Å². The first-order valence-electron chi connectivity index (χ1n) is 9.87. The lowest BCUT2D eigenvalue weighted by Gasteiger charge is -2.46. The van der Waals surface area contributed by atoms with Gasteiger partial charge in [0.15, 0.2) is 5.41 Å². The zero-order valence-electron chi connectivity index (χ0n) is 14.9. The van der Waals surface area contributed by atoms with Crippen LogP contribution >= 0.6 is 0 Å². The average Bonchev–Trinajstić information content (AvgIpc) is 3.28. The van der Waals surface area contributed by atoms with Crippen LogP contribution < -0.4 is 0 Å². The first-order chi connectivity index (χ1) is 11.4. The van der Waals surface area contributed by atoms with Crippen LogP contribution in [0.2, 0.25) is 0 Å². The minimum absolute atomic E-state index is 0.255. The molecule has 1 N–H and O–H groups in total. The molecule has 4 aliphatic rings. The Bertz CT molecular complexity index is 548. The Balaban J connectivity index is 1.61. The van der Waals surface area contributed by atoms with Gasteiger partial charge in [0, 0.05) is 5.92 Å². The zero-order valence-corrected chi connectivity index (χ0v) is 14.9. The molecule has 4 rings (SSSR count). The summed E-state index contributed by atoms with van der Waals surface area (Å²) in [6, 6.07) is 0. The van der Waals surface area contributed by atoms with Crippen molar-refractivity contribution in [1.82, 2.24) is 0 Å². The fourth-order valence-electron chi connectivity index (χ4n) is 6.79. The summed E-state index contributed by atoms with van der Waals surface area (Å²) in [6.45, 7) is 4.31. The van der Waals surface area contributed by atoms with E-state index in [4.69, 9.17) is 4.74 Å². The molecule has 0 spiro atoms. The molecule has 0 aromatic heterocycles. The molecule has 134 valence electrons. The molecule has 4 aliphatic carbocycles. The number of rotatable bonds is 4. The fourth-order valence-corrected chi connectivity index (χ4v) is 6.79. The van der Waals surface area contributed by atoms with Crippen molar-refractivity contribution in [2.24, 2.45) is 35.0 Å². The number of carbonyl (C=O) groups is 2. The maximum atomic E-state index is 13.0. The van der Waals surface area contributed by atoms with Crippen molar-refractivity contribution >= 4 is 11.9 Å². The lowest BCUT2D eigenvalue weighted by molar-refractivity contribution is -0.194. The van der Waals surface area contributed by atoms with Crippen molar-refractivity contribution in [3.8, 4) is 0 Å². The normalized spacial score (nSPS) is 42.5. The second-order valence-corrected chi connectivity index (χ2v) is 9.16. The van der Waals surface area contributed by atoms with Crippen LogP contribution in [-0.4, -0.2) is 22.6 Å². The molecule has 0 amide bonds. The predicted molar refractivity (Wildman–Crippen MR) is 89.2 cm³/mol. The predicted octanol–water partition coefficient (Wildman–Crippen LogP) is 4.03. The van der Waals surface area contributed by atoms with E-state index in [1.165, 1.54) is 25.7 Å². The molecule has 5 atom stereocenters. The molecular weight excluding hydrogens is 304 g/mol. The van der Waals surface area contributed by atoms with E-state index in [9.17, 15) is 14.7 Å². The Morgan fingerprint density at radius 3 is 2.38 bits per heavy atom. The maximum Gasteiger partial charge on any atom is 0.324 e. The smallest absolute Gasteiger partial charge is 0.324 e. The number of hydrogen-bond acceptors (Lipinski definition) is 3. The third-order valence-electron chi connectivity index (χ3n) is 8.03. The maximum absolute atomic E-state index is 13.0. The number of ether oxygens (including phenoxy) is 1. The summed E-state index contributed by atoms with van der Waals surface area (Å²) >= 11 is 0. The number of carboxylic acid groups (broad SMARTS) is 1. The van der Waals surface area contributed by atoms with E-state index in [1.807, 2.05) is 0 Å². The van der Waals surface area contributed by atoms with Gasteiger partial charge in [0.25, 0.3) is 0 Å². The summed E-state index contributed by atoms with van der Waals surface area (Å²) in [7, 11) is 0. The highest BCUT2D eigenvalue weighted by molar-refractivity contribution is 5.99. The number of carbonyl (C=O) groups excluding carboxylic acids is 1. The molecule has 0 aromatic rings. The van der Waals surface area contributed by atoms with Gasteiger partial charge in [0.05, 0.1) is 0 Å². The molecule has 4 nitrogen and oxygen atoms in total. The molecule has 24 heavy (non-hydrogen) atoms. The minimum Gasteiger partial charge on any atom is -0.480 e. The van der Waals surface area contributed by atoms with Crippen molar-refractivity contribution in [1.29, 1.82) is 0 Å². The Hall–Kier alpha value is -1.06. The van der Waals surface area contributed by atoms with Gasteiger partial charge in [-0.25, -0.2) is 0 Å². The lowest BCUT2D eigenvalue weighted by Crippen LogP contribution is -2.52. The highest BCUT2D eigenvalue weighted by Gasteiger charge is 2.65. The lowest BCUT2D eigenvalue weighted by atomic mass is 9.68. The SMILES string of the molecule is CC(C)C1(OC(=O)C2(C(=O)O)CCCC2)CC2CC1C1CCCC21. The summed E-state index contributed by atoms with van der Waals surface area (Å²) in [5.74, 6) is 1.50. The molecule has 0 saturated heterocycles. The summed E-state index contributed by atoms with van der Waals surface area (Å²) in [5, 5.41) is 9.71.